The van der Waals surface area contributed by atoms with Crippen molar-refractivity contribution >= 4 is 40.2 Å². The zero-order chi connectivity index (χ0) is 20.3. The summed E-state index contributed by atoms with van der Waals surface area (Å²) in [6.07, 6.45) is 0. The summed E-state index contributed by atoms with van der Waals surface area (Å²) in [6, 6.07) is 14.3. The van der Waals surface area contributed by atoms with Gasteiger partial charge in [0.25, 0.3) is 5.56 Å². The number of fused-ring (bicyclic) bond motifs is 1. The lowest BCUT2D eigenvalue weighted by Gasteiger charge is -2.17. The van der Waals surface area contributed by atoms with Crippen LogP contribution in [0.3, 0.4) is 0 Å². The van der Waals surface area contributed by atoms with Crippen LogP contribution in [-0.4, -0.2) is 27.3 Å². The Bertz CT molecular complexity index is 1050. The Hall–Kier alpha value is -2.31. The molecule has 2 aromatic carbocycles. The van der Waals surface area contributed by atoms with Gasteiger partial charge in [0.1, 0.15) is 0 Å². The fourth-order valence-electron chi connectivity index (χ4n) is 2.62. The fourth-order valence-corrected chi connectivity index (χ4v) is 3.57. The topological polar surface area (TPSA) is 64.0 Å². The van der Waals surface area contributed by atoms with E-state index in [1.807, 2.05) is 19.1 Å². The molecule has 0 aliphatic carbocycles. The average Bonchev–Trinajstić information content (AvgIpc) is 2.67. The number of aromatic nitrogens is 2. The number of hydrogen-bond acceptors (Lipinski definition) is 4. The molecule has 0 aliphatic rings. The average molecular weight is 416 g/mol. The third kappa shape index (κ3) is 4.56. The molecular weight excluding hydrogens is 394 g/mol. The van der Waals surface area contributed by atoms with Crippen LogP contribution in [0.2, 0.25) is 5.02 Å². The van der Waals surface area contributed by atoms with Gasteiger partial charge in [-0.1, -0.05) is 49.3 Å². The fraction of sp³-hybridized carbons (Fsp3) is 0.286. The summed E-state index contributed by atoms with van der Waals surface area (Å²) >= 11 is 7.23. The summed E-state index contributed by atoms with van der Waals surface area (Å²) < 4.78 is 1.53. The second-order valence-electron chi connectivity index (χ2n) is 6.92. The second-order valence-corrected chi connectivity index (χ2v) is 8.30. The molecule has 0 fully saturated rings. The van der Waals surface area contributed by atoms with Crippen LogP contribution < -0.4 is 10.9 Å². The van der Waals surface area contributed by atoms with E-state index in [1.165, 1.54) is 16.3 Å². The highest BCUT2D eigenvalue weighted by atomic mass is 35.5. The van der Waals surface area contributed by atoms with Crippen molar-refractivity contribution in [3.63, 3.8) is 0 Å². The Morgan fingerprint density at radius 3 is 2.50 bits per heavy atom. The molecule has 5 nitrogen and oxygen atoms in total. The highest BCUT2D eigenvalue weighted by Crippen LogP contribution is 2.22. The van der Waals surface area contributed by atoms with E-state index in [-0.39, 0.29) is 23.3 Å². The number of carbonyl (C=O) groups is 1. The molecule has 1 aromatic heterocycles. The quantitative estimate of drug-likeness (QED) is 0.481. The third-order valence-electron chi connectivity index (χ3n) is 4.55. The molecule has 3 rings (SSSR count). The smallest absolute Gasteiger partial charge is 0.266 e. The van der Waals surface area contributed by atoms with Gasteiger partial charge in [0.05, 0.1) is 22.3 Å². The number of thioether (sulfide) groups is 1. The molecule has 0 saturated heterocycles. The van der Waals surface area contributed by atoms with Crippen molar-refractivity contribution in [2.75, 3.05) is 5.75 Å². The van der Waals surface area contributed by atoms with Gasteiger partial charge in [0.2, 0.25) is 5.91 Å². The van der Waals surface area contributed by atoms with Crippen molar-refractivity contribution in [2.45, 2.75) is 32.0 Å². The van der Waals surface area contributed by atoms with Gasteiger partial charge in [-0.2, -0.15) is 0 Å². The van der Waals surface area contributed by atoms with Gasteiger partial charge in [-0.25, -0.2) is 4.98 Å². The summed E-state index contributed by atoms with van der Waals surface area (Å²) in [5.41, 5.74) is 1.09. The predicted molar refractivity (Wildman–Crippen MR) is 116 cm³/mol. The van der Waals surface area contributed by atoms with E-state index in [0.717, 1.165) is 0 Å². The van der Waals surface area contributed by atoms with Crippen LogP contribution in [0, 0.1) is 5.92 Å². The van der Waals surface area contributed by atoms with Crippen molar-refractivity contribution in [3.05, 3.63) is 63.9 Å². The summed E-state index contributed by atoms with van der Waals surface area (Å²) in [7, 11) is 0. The molecule has 7 heteroatoms. The Morgan fingerprint density at radius 1 is 1.14 bits per heavy atom. The van der Waals surface area contributed by atoms with Crippen LogP contribution in [0.5, 0.6) is 0 Å². The monoisotopic (exact) mass is 415 g/mol. The van der Waals surface area contributed by atoms with Gasteiger partial charge >= 0.3 is 0 Å². The Labute approximate surface area is 173 Å². The number of rotatable bonds is 6. The molecule has 1 N–H and O–H groups in total. The predicted octanol–water partition coefficient (Wildman–Crippen LogP) is 4.29. The Balaban J connectivity index is 1.98. The van der Waals surface area contributed by atoms with Gasteiger partial charge in [0.15, 0.2) is 5.16 Å². The van der Waals surface area contributed by atoms with Crippen LogP contribution in [-0.2, 0) is 4.79 Å². The minimum absolute atomic E-state index is 0.0797. The second kappa shape index (κ2) is 8.80. The van der Waals surface area contributed by atoms with Crippen LogP contribution in [0.25, 0.3) is 16.6 Å². The number of para-hydroxylation sites is 1. The standard InChI is InChI=1S/C21H22ClN3O2S/c1-13(2)14(3)23-19(26)12-28-21-24-18-7-5-4-6-17(18)20(27)25(21)16-10-8-15(22)9-11-16/h4-11,13-14H,12H2,1-3H3,(H,23,26)/t14-/m0/s1. The molecule has 0 spiro atoms. The van der Waals surface area contributed by atoms with Crippen LogP contribution in [0.1, 0.15) is 20.8 Å². The summed E-state index contributed by atoms with van der Waals surface area (Å²) in [5, 5.41) is 4.56. The van der Waals surface area contributed by atoms with Crippen LogP contribution >= 0.6 is 23.4 Å². The first-order chi connectivity index (χ1) is 13.4. The molecule has 1 heterocycles. The zero-order valence-corrected chi connectivity index (χ0v) is 17.6. The van der Waals surface area contributed by atoms with Gasteiger partial charge < -0.3 is 5.32 Å². The van der Waals surface area contributed by atoms with Crippen molar-refractivity contribution in [1.82, 2.24) is 14.9 Å². The third-order valence-corrected chi connectivity index (χ3v) is 5.74. The number of hydrogen-bond donors (Lipinski definition) is 1. The van der Waals surface area contributed by atoms with E-state index in [4.69, 9.17) is 11.6 Å². The maximum atomic E-state index is 13.1. The maximum Gasteiger partial charge on any atom is 0.266 e. The van der Waals surface area contributed by atoms with Gasteiger partial charge in [0, 0.05) is 11.1 Å². The molecular formula is C21H22ClN3O2S. The summed E-state index contributed by atoms with van der Waals surface area (Å²) in [6.45, 7) is 6.09. The van der Waals surface area contributed by atoms with E-state index in [1.54, 1.807) is 36.4 Å². The number of nitrogens with zero attached hydrogens (tertiary/aromatic N) is 2. The highest BCUT2D eigenvalue weighted by Gasteiger charge is 2.16. The van der Waals surface area contributed by atoms with Crippen molar-refractivity contribution < 1.29 is 4.79 Å². The first kappa shape index (κ1) is 20.4. The lowest BCUT2D eigenvalue weighted by Crippen LogP contribution is -2.37. The van der Waals surface area contributed by atoms with Crippen molar-refractivity contribution in [2.24, 2.45) is 5.92 Å². The molecule has 0 radical (unpaired) electrons. The molecule has 146 valence electrons. The molecule has 28 heavy (non-hydrogen) atoms. The van der Waals surface area contributed by atoms with Crippen LogP contribution in [0.15, 0.2) is 58.5 Å². The maximum absolute atomic E-state index is 13.1. The van der Waals surface area contributed by atoms with E-state index in [0.29, 0.717) is 32.7 Å². The number of amides is 1. The van der Waals surface area contributed by atoms with E-state index in [2.05, 4.69) is 24.1 Å². The Morgan fingerprint density at radius 2 is 1.82 bits per heavy atom. The molecule has 0 bridgehead atoms. The van der Waals surface area contributed by atoms with Gasteiger partial charge in [-0.3, -0.25) is 14.2 Å². The molecule has 0 aliphatic heterocycles. The molecule has 1 atom stereocenters. The van der Waals surface area contributed by atoms with Crippen LogP contribution in [0.4, 0.5) is 0 Å². The number of nitrogens with one attached hydrogen (secondary N) is 1. The minimum atomic E-state index is -0.175. The molecule has 0 unspecified atom stereocenters. The van der Waals surface area contributed by atoms with Crippen molar-refractivity contribution in [3.8, 4) is 5.69 Å². The lowest BCUT2D eigenvalue weighted by molar-refractivity contribution is -0.119. The molecule has 1 amide bonds. The van der Waals surface area contributed by atoms with E-state index in [9.17, 15) is 9.59 Å². The number of halogens is 1. The minimum Gasteiger partial charge on any atom is -0.353 e. The van der Waals surface area contributed by atoms with Gasteiger partial charge in [-0.05, 0) is 49.2 Å². The van der Waals surface area contributed by atoms with Gasteiger partial charge in [-0.15, -0.1) is 0 Å². The van der Waals surface area contributed by atoms with E-state index < -0.39 is 0 Å². The summed E-state index contributed by atoms with van der Waals surface area (Å²) in [4.78, 5) is 30.1. The normalized spacial score (nSPS) is 12.3. The summed E-state index contributed by atoms with van der Waals surface area (Å²) in [5.74, 6) is 0.436. The first-order valence-corrected chi connectivity index (χ1v) is 10.4. The highest BCUT2D eigenvalue weighted by molar-refractivity contribution is 7.99. The molecule has 0 saturated carbocycles. The number of carbonyl (C=O) groups excluding carboxylic acids is 1. The Kier molecular flexibility index (Phi) is 6.42. The SMILES string of the molecule is CC(C)[C@H](C)NC(=O)CSc1nc2ccccc2c(=O)n1-c1ccc(Cl)cc1. The van der Waals surface area contributed by atoms with E-state index >= 15 is 0 Å². The largest absolute Gasteiger partial charge is 0.353 e. The molecule has 3 aromatic rings. The zero-order valence-electron chi connectivity index (χ0n) is 16.0. The first-order valence-electron chi connectivity index (χ1n) is 9.06. The lowest BCUT2D eigenvalue weighted by atomic mass is 10.1. The van der Waals surface area contributed by atoms with Crippen molar-refractivity contribution in [1.29, 1.82) is 0 Å². The number of benzene rings is 2.